The molecule has 0 bridgehead atoms. The van der Waals surface area contributed by atoms with Crippen molar-refractivity contribution in [3.05, 3.63) is 0 Å². The fourth-order valence-electron chi connectivity index (χ4n) is 5.01. The lowest BCUT2D eigenvalue weighted by atomic mass is 9.79. The maximum atomic E-state index is 12.7. The first-order valence-corrected chi connectivity index (χ1v) is 11.1. The van der Waals surface area contributed by atoms with E-state index in [1.165, 1.54) is 19.3 Å². The van der Waals surface area contributed by atoms with E-state index in [4.69, 9.17) is 4.74 Å². The minimum Gasteiger partial charge on any atom is -0.444 e. The molecule has 0 spiro atoms. The summed E-state index contributed by atoms with van der Waals surface area (Å²) in [6.07, 6.45) is 8.65. The lowest BCUT2D eigenvalue weighted by molar-refractivity contribution is 0.0163. The highest BCUT2D eigenvalue weighted by Gasteiger charge is 2.42. The van der Waals surface area contributed by atoms with Crippen LogP contribution >= 0.6 is 0 Å². The monoisotopic (exact) mass is 382 g/mol. The van der Waals surface area contributed by atoms with Crippen LogP contribution in [0.2, 0.25) is 0 Å². The number of aliphatic hydroxyl groups is 1. The Morgan fingerprint density at radius 3 is 2.44 bits per heavy atom. The number of aliphatic hydroxyl groups excluding tert-OH is 1. The van der Waals surface area contributed by atoms with E-state index in [0.29, 0.717) is 18.0 Å². The summed E-state index contributed by atoms with van der Waals surface area (Å²) in [5.74, 6) is 0.514. The molecule has 0 aromatic heterocycles. The van der Waals surface area contributed by atoms with Crippen LogP contribution in [-0.4, -0.2) is 53.5 Å². The van der Waals surface area contributed by atoms with Gasteiger partial charge in [0, 0.05) is 31.8 Å². The summed E-state index contributed by atoms with van der Waals surface area (Å²) in [5, 5.41) is 13.3. The van der Waals surface area contributed by atoms with Crippen LogP contribution in [0, 0.1) is 11.3 Å². The zero-order valence-corrected chi connectivity index (χ0v) is 18.2. The molecule has 2 N–H and O–H groups in total. The van der Waals surface area contributed by atoms with Gasteiger partial charge >= 0.3 is 6.09 Å². The third kappa shape index (κ3) is 5.83. The number of carbonyl (C=O) groups is 1. The van der Waals surface area contributed by atoms with Crippen molar-refractivity contribution in [1.82, 2.24) is 10.2 Å². The van der Waals surface area contributed by atoms with Crippen molar-refractivity contribution in [2.45, 2.75) is 104 Å². The van der Waals surface area contributed by atoms with Crippen LogP contribution in [0.15, 0.2) is 0 Å². The Morgan fingerprint density at radius 1 is 1.15 bits per heavy atom. The number of rotatable bonds is 8. The van der Waals surface area contributed by atoms with Crippen molar-refractivity contribution in [3.8, 4) is 0 Å². The molecule has 2 rings (SSSR count). The number of ether oxygens (including phenoxy) is 1. The number of hydrogen-bond acceptors (Lipinski definition) is 4. The summed E-state index contributed by atoms with van der Waals surface area (Å²) in [6, 6.07) is 0.768. The van der Waals surface area contributed by atoms with Gasteiger partial charge in [-0.3, -0.25) is 0 Å². The van der Waals surface area contributed by atoms with E-state index in [1.54, 1.807) is 0 Å². The Kier molecular flexibility index (Phi) is 7.99. The van der Waals surface area contributed by atoms with Gasteiger partial charge in [0.05, 0.1) is 0 Å². The highest BCUT2D eigenvalue weighted by Crippen LogP contribution is 2.38. The van der Waals surface area contributed by atoms with Crippen molar-refractivity contribution in [1.29, 1.82) is 0 Å². The number of amides is 1. The van der Waals surface area contributed by atoms with Crippen LogP contribution in [0.25, 0.3) is 0 Å². The maximum absolute atomic E-state index is 12.7. The molecule has 5 heteroatoms. The van der Waals surface area contributed by atoms with E-state index in [0.717, 1.165) is 45.2 Å². The predicted molar refractivity (Wildman–Crippen MR) is 110 cm³/mol. The van der Waals surface area contributed by atoms with Crippen LogP contribution < -0.4 is 5.32 Å². The molecule has 1 aliphatic heterocycles. The topological polar surface area (TPSA) is 61.8 Å². The molecule has 0 aromatic rings. The van der Waals surface area contributed by atoms with Gasteiger partial charge in [-0.25, -0.2) is 4.79 Å². The van der Waals surface area contributed by atoms with Crippen molar-refractivity contribution >= 4 is 6.09 Å². The van der Waals surface area contributed by atoms with Gasteiger partial charge in [-0.2, -0.15) is 0 Å². The molecule has 0 radical (unpaired) electrons. The molecule has 1 saturated carbocycles. The van der Waals surface area contributed by atoms with E-state index in [1.807, 2.05) is 25.7 Å². The van der Waals surface area contributed by atoms with Crippen molar-refractivity contribution in [3.63, 3.8) is 0 Å². The van der Waals surface area contributed by atoms with Gasteiger partial charge in [0.25, 0.3) is 0 Å². The fraction of sp³-hybridized carbons (Fsp3) is 0.955. The van der Waals surface area contributed by atoms with Crippen molar-refractivity contribution in [2.24, 2.45) is 11.3 Å². The second-order valence-corrected chi connectivity index (χ2v) is 9.65. The Balaban J connectivity index is 2.01. The molecule has 1 heterocycles. The van der Waals surface area contributed by atoms with Crippen LogP contribution in [0.4, 0.5) is 4.79 Å². The average molecular weight is 383 g/mol. The lowest BCUT2D eigenvalue weighted by Crippen LogP contribution is -2.49. The summed E-state index contributed by atoms with van der Waals surface area (Å²) in [4.78, 5) is 14.7. The second kappa shape index (κ2) is 9.60. The quantitative estimate of drug-likeness (QED) is 0.656. The van der Waals surface area contributed by atoms with Gasteiger partial charge in [-0.05, 0) is 77.0 Å². The Bertz CT molecular complexity index is 471. The van der Waals surface area contributed by atoms with Gasteiger partial charge in [-0.15, -0.1) is 0 Å². The van der Waals surface area contributed by atoms with Gasteiger partial charge in [0.1, 0.15) is 5.60 Å². The minimum atomic E-state index is -0.441. The van der Waals surface area contributed by atoms with Crippen LogP contribution in [0.1, 0.15) is 86.0 Å². The number of nitrogens with one attached hydrogen (secondary N) is 1. The number of carbonyl (C=O) groups excluding carboxylic acids is 1. The number of likely N-dealkylation sites (tertiary alicyclic amines) is 1. The van der Waals surface area contributed by atoms with Gasteiger partial charge in [0.2, 0.25) is 0 Å². The summed E-state index contributed by atoms with van der Waals surface area (Å²) in [6.45, 7) is 12.3. The summed E-state index contributed by atoms with van der Waals surface area (Å²) in [7, 11) is 0. The van der Waals surface area contributed by atoms with E-state index in [9.17, 15) is 9.90 Å². The van der Waals surface area contributed by atoms with E-state index in [-0.39, 0.29) is 18.1 Å². The summed E-state index contributed by atoms with van der Waals surface area (Å²) < 4.78 is 5.67. The zero-order valence-electron chi connectivity index (χ0n) is 18.2. The van der Waals surface area contributed by atoms with Crippen molar-refractivity contribution < 1.29 is 14.6 Å². The summed E-state index contributed by atoms with van der Waals surface area (Å²) >= 11 is 0. The van der Waals surface area contributed by atoms with Gasteiger partial charge in [-0.1, -0.05) is 20.3 Å². The molecular formula is C22H42N2O3. The highest BCUT2D eigenvalue weighted by molar-refractivity contribution is 5.69. The first-order chi connectivity index (χ1) is 12.7. The Hall–Kier alpha value is -0.810. The SMILES string of the molecule is CCC(CC)(CCO)CNC1CCCC1C1CCCN1C(=O)OC(C)(C)C. The molecule has 2 fully saturated rings. The highest BCUT2D eigenvalue weighted by atomic mass is 16.6. The molecule has 1 amide bonds. The Morgan fingerprint density at radius 2 is 1.85 bits per heavy atom. The van der Waals surface area contributed by atoms with Gasteiger partial charge in [0.15, 0.2) is 0 Å². The van der Waals surface area contributed by atoms with E-state index < -0.39 is 5.60 Å². The molecule has 27 heavy (non-hydrogen) atoms. The largest absolute Gasteiger partial charge is 0.444 e. The summed E-state index contributed by atoms with van der Waals surface area (Å²) in [5.41, 5.74) is -0.258. The average Bonchev–Trinajstić information content (AvgIpc) is 3.25. The van der Waals surface area contributed by atoms with E-state index in [2.05, 4.69) is 19.2 Å². The first kappa shape index (κ1) is 22.5. The van der Waals surface area contributed by atoms with Crippen LogP contribution in [0.3, 0.4) is 0 Å². The molecule has 3 atom stereocenters. The minimum absolute atomic E-state index is 0.146. The lowest BCUT2D eigenvalue weighted by Gasteiger charge is -2.37. The third-order valence-electron chi connectivity index (χ3n) is 6.87. The predicted octanol–water partition coefficient (Wildman–Crippen LogP) is 4.33. The normalized spacial score (nSPS) is 26.6. The molecule has 1 saturated heterocycles. The molecule has 2 aliphatic rings. The van der Waals surface area contributed by atoms with Crippen LogP contribution in [0.5, 0.6) is 0 Å². The van der Waals surface area contributed by atoms with Crippen LogP contribution in [-0.2, 0) is 4.74 Å². The smallest absolute Gasteiger partial charge is 0.410 e. The Labute approximate surface area is 166 Å². The molecule has 3 unspecified atom stereocenters. The second-order valence-electron chi connectivity index (χ2n) is 9.65. The van der Waals surface area contributed by atoms with Gasteiger partial charge < -0.3 is 20.1 Å². The number of hydrogen-bond donors (Lipinski definition) is 2. The molecule has 0 aromatic carbocycles. The third-order valence-corrected chi connectivity index (χ3v) is 6.87. The number of nitrogens with zero attached hydrogens (tertiary/aromatic N) is 1. The molecular weight excluding hydrogens is 340 g/mol. The maximum Gasteiger partial charge on any atom is 0.410 e. The van der Waals surface area contributed by atoms with E-state index >= 15 is 0 Å². The standard InChI is InChI=1S/C22H42N2O3/c1-6-22(7-2,13-15-25)16-23-18-11-8-10-17(18)19-12-9-14-24(19)20(26)27-21(3,4)5/h17-19,23,25H,6-16H2,1-5H3. The molecule has 158 valence electrons. The first-order valence-electron chi connectivity index (χ1n) is 11.1. The zero-order chi connectivity index (χ0) is 20.1. The molecule has 5 nitrogen and oxygen atoms in total. The van der Waals surface area contributed by atoms with Crippen molar-refractivity contribution in [2.75, 3.05) is 19.7 Å². The fourth-order valence-corrected chi connectivity index (χ4v) is 5.01. The molecule has 1 aliphatic carbocycles.